The van der Waals surface area contributed by atoms with Crippen LogP contribution in [0.5, 0.6) is 5.75 Å². The van der Waals surface area contributed by atoms with Crippen molar-refractivity contribution in [3.8, 4) is 5.75 Å². The molecule has 3 nitrogen and oxygen atoms in total. The van der Waals surface area contributed by atoms with E-state index in [2.05, 4.69) is 58.6 Å². The van der Waals surface area contributed by atoms with Crippen molar-refractivity contribution < 1.29 is 23.7 Å². The summed E-state index contributed by atoms with van der Waals surface area (Å²) in [7, 11) is 0. The van der Waals surface area contributed by atoms with Crippen LogP contribution >= 0.6 is 0 Å². The fraction of sp³-hybridized carbons (Fsp3) is 0.556. The van der Waals surface area contributed by atoms with E-state index in [0.717, 1.165) is 35.1 Å². The van der Waals surface area contributed by atoms with Crippen molar-refractivity contribution in [2.24, 2.45) is 0 Å². The third-order valence-electron chi connectivity index (χ3n) is 6.33. The summed E-state index contributed by atoms with van der Waals surface area (Å²) in [4.78, 5) is 4.08. The number of allylic oxidation sites excluding steroid dienone is 5. The first-order chi connectivity index (χ1) is 14.9. The topological polar surface area (TPSA) is 38.7 Å². The van der Waals surface area contributed by atoms with Crippen molar-refractivity contribution in [2.75, 3.05) is 13.2 Å². The minimum atomic E-state index is -2.54. The summed E-state index contributed by atoms with van der Waals surface area (Å²) in [5.74, 6) is 0.538. The Morgan fingerprint density at radius 1 is 1.06 bits per heavy atom. The Morgan fingerprint density at radius 3 is 2.22 bits per heavy atom. The van der Waals surface area contributed by atoms with Gasteiger partial charge in [-0.25, -0.2) is 13.7 Å². The number of rotatable bonds is 12. The van der Waals surface area contributed by atoms with Gasteiger partial charge in [-0.2, -0.15) is 0 Å². The molecule has 0 heterocycles. The van der Waals surface area contributed by atoms with E-state index in [1.54, 1.807) is 6.08 Å². The minimum absolute atomic E-state index is 0.0612. The smallest absolute Gasteiger partial charge is 0.272 e. The second kappa shape index (κ2) is 12.3. The molecule has 0 aliphatic rings. The van der Waals surface area contributed by atoms with Crippen LogP contribution < -0.4 is 4.74 Å². The van der Waals surface area contributed by atoms with Gasteiger partial charge in [0.05, 0.1) is 0 Å². The number of alkyl halides is 2. The number of benzene rings is 1. The van der Waals surface area contributed by atoms with Gasteiger partial charge in [0.2, 0.25) is 0 Å². The number of hydrogen-bond donors (Lipinski definition) is 1. The Balaban J connectivity index is 3.70. The molecule has 0 aliphatic carbocycles. The fourth-order valence-corrected chi connectivity index (χ4v) is 3.18. The summed E-state index contributed by atoms with van der Waals surface area (Å²) in [6, 6.07) is 4.23. The highest BCUT2D eigenvalue weighted by atomic mass is 19.3. The zero-order valence-corrected chi connectivity index (χ0v) is 20.9. The summed E-state index contributed by atoms with van der Waals surface area (Å²) in [6.07, 6.45) is 6.77. The summed E-state index contributed by atoms with van der Waals surface area (Å²) in [6.45, 7) is 16.3. The molecule has 0 unspecified atom stereocenters. The molecule has 0 spiro atoms. The Labute approximate surface area is 192 Å². The molecule has 0 aliphatic heterocycles. The predicted molar refractivity (Wildman–Crippen MR) is 130 cm³/mol. The third-order valence-corrected chi connectivity index (χ3v) is 6.33. The molecule has 5 heteroatoms. The molecule has 0 saturated heterocycles. The molecule has 0 fully saturated rings. The van der Waals surface area contributed by atoms with Crippen LogP contribution in [0.25, 0.3) is 5.57 Å². The zero-order chi connectivity index (χ0) is 24.5. The molecule has 1 N–H and O–H groups in total. The van der Waals surface area contributed by atoms with Gasteiger partial charge in [0, 0.05) is 11.1 Å². The quantitative estimate of drug-likeness (QED) is 0.199. The second-order valence-electron chi connectivity index (χ2n) is 9.53. The molecule has 1 rings (SSSR count). The van der Waals surface area contributed by atoms with Gasteiger partial charge < -0.3 is 4.74 Å². The highest BCUT2D eigenvalue weighted by molar-refractivity contribution is 5.73. The average Bonchev–Trinajstić information content (AvgIpc) is 2.75. The van der Waals surface area contributed by atoms with Crippen LogP contribution in [0.15, 0.2) is 42.0 Å². The van der Waals surface area contributed by atoms with Gasteiger partial charge in [0.1, 0.15) is 19.0 Å². The minimum Gasteiger partial charge on any atom is -0.487 e. The Morgan fingerprint density at radius 2 is 1.69 bits per heavy atom. The molecule has 0 bridgehead atoms. The van der Waals surface area contributed by atoms with Gasteiger partial charge in [-0.1, -0.05) is 77.5 Å². The highest BCUT2D eigenvalue weighted by Crippen LogP contribution is 2.43. The van der Waals surface area contributed by atoms with E-state index in [1.165, 1.54) is 5.56 Å². The van der Waals surface area contributed by atoms with Crippen molar-refractivity contribution >= 4 is 5.57 Å². The third kappa shape index (κ3) is 7.86. The number of hydrogen-bond acceptors (Lipinski definition) is 3. The molecule has 0 amide bonds. The Kier molecular flexibility index (Phi) is 10.8. The first-order valence-corrected chi connectivity index (χ1v) is 11.3. The van der Waals surface area contributed by atoms with Crippen LogP contribution in [0.3, 0.4) is 0 Å². The first-order valence-electron chi connectivity index (χ1n) is 11.3. The van der Waals surface area contributed by atoms with Gasteiger partial charge in [-0.3, -0.25) is 5.26 Å². The van der Waals surface area contributed by atoms with Gasteiger partial charge in [-0.05, 0) is 54.7 Å². The lowest BCUT2D eigenvalue weighted by Gasteiger charge is -2.32. The molecule has 0 radical (unpaired) electrons. The summed E-state index contributed by atoms with van der Waals surface area (Å²) < 4.78 is 31.9. The first kappa shape index (κ1) is 28.1. The lowest BCUT2D eigenvalue weighted by Crippen LogP contribution is -2.23. The van der Waals surface area contributed by atoms with E-state index in [9.17, 15) is 8.78 Å². The van der Waals surface area contributed by atoms with Gasteiger partial charge in [0.25, 0.3) is 6.43 Å². The molecule has 0 atom stereocenters. The molecular formula is C27H40F2O3. The Bertz CT molecular complexity index is 834. The molecule has 1 aromatic rings. The van der Waals surface area contributed by atoms with Crippen LogP contribution in [0, 0.1) is 0 Å². The average molecular weight is 451 g/mol. The van der Waals surface area contributed by atoms with E-state index in [-0.39, 0.29) is 17.4 Å². The summed E-state index contributed by atoms with van der Waals surface area (Å²) >= 11 is 0. The van der Waals surface area contributed by atoms with Crippen molar-refractivity contribution in [3.05, 3.63) is 58.7 Å². The van der Waals surface area contributed by atoms with Crippen molar-refractivity contribution in [3.63, 3.8) is 0 Å². The van der Waals surface area contributed by atoms with Gasteiger partial charge in [-0.15, -0.1) is 0 Å². The van der Waals surface area contributed by atoms with Gasteiger partial charge >= 0.3 is 0 Å². The van der Waals surface area contributed by atoms with Crippen molar-refractivity contribution in [1.29, 1.82) is 0 Å². The van der Waals surface area contributed by atoms with Crippen LogP contribution in [0.4, 0.5) is 8.78 Å². The molecule has 0 aromatic heterocycles. The maximum Gasteiger partial charge on any atom is 0.272 e. The zero-order valence-electron chi connectivity index (χ0n) is 20.9. The molecule has 32 heavy (non-hydrogen) atoms. The standard InChI is InChI=1S/C27H40F2O3/c1-9-26(5,6)21-16-22(20(4)13-11-12-19(3)14-15-32-30)25(31-18-24(28)29)23(17-21)27(7,8)10-2/h11-14,16-17,24,30H,9-10,15,18H2,1-8H3. The van der Waals surface area contributed by atoms with Gasteiger partial charge in [0.15, 0.2) is 0 Å². The summed E-state index contributed by atoms with van der Waals surface area (Å²) in [5.41, 5.74) is 4.54. The monoisotopic (exact) mass is 450 g/mol. The SMILES string of the molecule is CCC(C)(C)c1cc(C(C)=CC=CC(C)=CCOO)c(OCC(F)F)c(C(C)(C)CC)c1. The van der Waals surface area contributed by atoms with Crippen molar-refractivity contribution in [2.45, 2.75) is 85.5 Å². The maximum atomic E-state index is 13.1. The lowest BCUT2D eigenvalue weighted by atomic mass is 9.74. The van der Waals surface area contributed by atoms with Crippen LogP contribution in [0.1, 0.15) is 84.9 Å². The van der Waals surface area contributed by atoms with Crippen molar-refractivity contribution in [1.82, 2.24) is 0 Å². The molecule has 0 saturated carbocycles. The largest absolute Gasteiger partial charge is 0.487 e. The summed E-state index contributed by atoms with van der Waals surface area (Å²) in [5, 5.41) is 8.47. The van der Waals surface area contributed by atoms with E-state index >= 15 is 0 Å². The van der Waals surface area contributed by atoms with E-state index in [1.807, 2.05) is 32.1 Å². The van der Waals surface area contributed by atoms with E-state index in [4.69, 9.17) is 9.99 Å². The molecular weight excluding hydrogens is 410 g/mol. The maximum absolute atomic E-state index is 13.1. The number of ether oxygens (including phenoxy) is 1. The number of halogens is 2. The Hall–Kier alpha value is -1.98. The van der Waals surface area contributed by atoms with Crippen LogP contribution in [0.2, 0.25) is 0 Å². The fourth-order valence-electron chi connectivity index (χ4n) is 3.18. The highest BCUT2D eigenvalue weighted by Gasteiger charge is 2.29. The predicted octanol–water partition coefficient (Wildman–Crippen LogP) is 8.10. The molecule has 1 aromatic carbocycles. The lowest BCUT2D eigenvalue weighted by molar-refractivity contribution is -0.232. The van der Waals surface area contributed by atoms with Crippen LogP contribution in [-0.4, -0.2) is 24.9 Å². The van der Waals surface area contributed by atoms with E-state index in [0.29, 0.717) is 5.75 Å². The second-order valence-corrected chi connectivity index (χ2v) is 9.53. The van der Waals surface area contributed by atoms with Crippen LogP contribution in [-0.2, 0) is 15.7 Å². The molecule has 180 valence electrons. The van der Waals surface area contributed by atoms with E-state index < -0.39 is 13.0 Å². The normalized spacial score (nSPS) is 14.0.